The van der Waals surface area contributed by atoms with E-state index in [1.807, 2.05) is 20.8 Å². The predicted molar refractivity (Wildman–Crippen MR) is 60.3 cm³/mol. The molecule has 0 amide bonds. The van der Waals surface area contributed by atoms with E-state index >= 15 is 0 Å². The van der Waals surface area contributed by atoms with E-state index in [9.17, 15) is 17.6 Å². The molecule has 0 unspecified atom stereocenters. The third-order valence-electron chi connectivity index (χ3n) is 2.99. The second-order valence-electron chi connectivity index (χ2n) is 4.85. The summed E-state index contributed by atoms with van der Waals surface area (Å²) in [6.45, 7) is 5.63. The monoisotopic (exact) mass is 248 g/mol. The highest BCUT2D eigenvalue weighted by Gasteiger charge is 2.57. The molecular formula is C13H16F4. The van der Waals surface area contributed by atoms with Crippen LogP contribution >= 0.6 is 0 Å². The Labute approximate surface area is 98.7 Å². The highest BCUT2D eigenvalue weighted by atomic mass is 19.3. The van der Waals surface area contributed by atoms with Gasteiger partial charge in [-0.3, -0.25) is 0 Å². The standard InChI is InChI=1S/C13H16F4/c1-4-11(2,3)9-7-10-6-5-8-12(14,15)13(10,16)17/h5-9H,4H2,1-3H3. The third kappa shape index (κ3) is 2.79. The summed E-state index contributed by atoms with van der Waals surface area (Å²) in [4.78, 5) is 0. The van der Waals surface area contributed by atoms with Gasteiger partial charge in [-0.05, 0) is 17.9 Å². The largest absolute Gasteiger partial charge is 0.339 e. The first-order chi connectivity index (χ1) is 7.62. The van der Waals surface area contributed by atoms with Crippen LogP contribution in [0.15, 0.2) is 36.0 Å². The van der Waals surface area contributed by atoms with Crippen molar-refractivity contribution in [3.05, 3.63) is 36.0 Å². The summed E-state index contributed by atoms with van der Waals surface area (Å²) in [7, 11) is 0. The van der Waals surface area contributed by atoms with E-state index in [2.05, 4.69) is 0 Å². The number of hydrogen-bond donors (Lipinski definition) is 0. The molecule has 96 valence electrons. The Morgan fingerprint density at radius 1 is 1.24 bits per heavy atom. The highest BCUT2D eigenvalue weighted by Crippen LogP contribution is 2.44. The maximum Gasteiger partial charge on any atom is 0.339 e. The van der Waals surface area contributed by atoms with Crippen LogP contribution < -0.4 is 0 Å². The van der Waals surface area contributed by atoms with Crippen molar-refractivity contribution >= 4 is 0 Å². The average Bonchev–Trinajstić information content (AvgIpc) is 2.20. The lowest BCUT2D eigenvalue weighted by molar-refractivity contribution is -0.153. The van der Waals surface area contributed by atoms with Gasteiger partial charge in [-0.25, -0.2) is 0 Å². The fourth-order valence-corrected chi connectivity index (χ4v) is 1.27. The third-order valence-corrected chi connectivity index (χ3v) is 2.99. The Morgan fingerprint density at radius 2 is 1.82 bits per heavy atom. The molecule has 1 aliphatic carbocycles. The Balaban J connectivity index is 3.00. The average molecular weight is 248 g/mol. The summed E-state index contributed by atoms with van der Waals surface area (Å²) < 4.78 is 52.9. The molecule has 0 saturated carbocycles. The van der Waals surface area contributed by atoms with E-state index in [4.69, 9.17) is 0 Å². The molecule has 4 heteroatoms. The van der Waals surface area contributed by atoms with Gasteiger partial charge in [0.25, 0.3) is 0 Å². The number of alkyl halides is 4. The van der Waals surface area contributed by atoms with Crippen LogP contribution in [0.2, 0.25) is 0 Å². The molecule has 1 rings (SSSR count). The fourth-order valence-electron chi connectivity index (χ4n) is 1.27. The van der Waals surface area contributed by atoms with Crippen LogP contribution in [0.5, 0.6) is 0 Å². The molecule has 0 heterocycles. The van der Waals surface area contributed by atoms with Crippen LogP contribution in [-0.4, -0.2) is 11.8 Å². The number of halogens is 4. The Bertz CT molecular complexity index is 373. The molecular weight excluding hydrogens is 232 g/mol. The molecule has 0 bridgehead atoms. The minimum atomic E-state index is -4.14. The van der Waals surface area contributed by atoms with E-state index in [1.165, 1.54) is 0 Å². The first-order valence-corrected chi connectivity index (χ1v) is 5.47. The second-order valence-corrected chi connectivity index (χ2v) is 4.85. The van der Waals surface area contributed by atoms with Crippen molar-refractivity contribution in [1.29, 1.82) is 0 Å². The van der Waals surface area contributed by atoms with Crippen LogP contribution in [0.1, 0.15) is 27.2 Å². The maximum absolute atomic E-state index is 13.4. The quantitative estimate of drug-likeness (QED) is 0.632. The van der Waals surface area contributed by atoms with Gasteiger partial charge in [0.15, 0.2) is 0 Å². The zero-order valence-electron chi connectivity index (χ0n) is 10.1. The van der Waals surface area contributed by atoms with Gasteiger partial charge in [-0.15, -0.1) is 0 Å². The minimum Gasteiger partial charge on any atom is -0.195 e. The van der Waals surface area contributed by atoms with Crippen molar-refractivity contribution in [3.63, 3.8) is 0 Å². The van der Waals surface area contributed by atoms with Gasteiger partial charge in [0.1, 0.15) is 0 Å². The van der Waals surface area contributed by atoms with Crippen LogP contribution in [0, 0.1) is 5.41 Å². The Morgan fingerprint density at radius 3 is 2.35 bits per heavy atom. The molecule has 0 atom stereocenters. The van der Waals surface area contributed by atoms with Crippen molar-refractivity contribution in [1.82, 2.24) is 0 Å². The van der Waals surface area contributed by atoms with E-state index in [0.717, 1.165) is 24.6 Å². The smallest absolute Gasteiger partial charge is 0.195 e. The summed E-state index contributed by atoms with van der Waals surface area (Å²) in [5, 5.41) is 0. The number of rotatable bonds is 3. The van der Waals surface area contributed by atoms with Gasteiger partial charge in [-0.2, -0.15) is 17.6 Å². The van der Waals surface area contributed by atoms with Gasteiger partial charge < -0.3 is 0 Å². The molecule has 0 aliphatic heterocycles. The Kier molecular flexibility index (Phi) is 3.55. The molecule has 0 radical (unpaired) electrons. The Hall–Kier alpha value is -1.06. The van der Waals surface area contributed by atoms with E-state index < -0.39 is 17.4 Å². The maximum atomic E-state index is 13.4. The van der Waals surface area contributed by atoms with Crippen molar-refractivity contribution in [2.75, 3.05) is 0 Å². The van der Waals surface area contributed by atoms with Crippen molar-refractivity contribution in [2.45, 2.75) is 39.0 Å². The van der Waals surface area contributed by atoms with E-state index in [-0.39, 0.29) is 11.5 Å². The molecule has 0 spiro atoms. The van der Waals surface area contributed by atoms with Crippen molar-refractivity contribution in [3.8, 4) is 0 Å². The highest BCUT2D eigenvalue weighted by molar-refractivity contribution is 5.39. The molecule has 1 aliphatic rings. The van der Waals surface area contributed by atoms with Gasteiger partial charge in [-0.1, -0.05) is 45.1 Å². The molecule has 17 heavy (non-hydrogen) atoms. The first kappa shape index (κ1) is 14.0. The van der Waals surface area contributed by atoms with Crippen LogP contribution in [0.25, 0.3) is 0 Å². The van der Waals surface area contributed by atoms with Crippen molar-refractivity contribution < 1.29 is 17.6 Å². The summed E-state index contributed by atoms with van der Waals surface area (Å²) in [6.07, 6.45) is 5.61. The summed E-state index contributed by atoms with van der Waals surface area (Å²) in [5.74, 6) is -8.25. The van der Waals surface area contributed by atoms with Crippen LogP contribution in [0.3, 0.4) is 0 Å². The summed E-state index contributed by atoms with van der Waals surface area (Å²) >= 11 is 0. The molecule has 0 aromatic heterocycles. The molecule has 0 saturated heterocycles. The molecule has 0 aromatic carbocycles. The lowest BCUT2D eigenvalue weighted by Gasteiger charge is -2.28. The molecule has 0 nitrogen and oxygen atoms in total. The zero-order valence-corrected chi connectivity index (χ0v) is 10.1. The minimum absolute atomic E-state index is 0.231. The van der Waals surface area contributed by atoms with Crippen LogP contribution in [0.4, 0.5) is 17.6 Å². The van der Waals surface area contributed by atoms with Gasteiger partial charge in [0.2, 0.25) is 0 Å². The first-order valence-electron chi connectivity index (χ1n) is 5.47. The van der Waals surface area contributed by atoms with E-state index in [0.29, 0.717) is 0 Å². The van der Waals surface area contributed by atoms with Gasteiger partial charge >= 0.3 is 11.8 Å². The topological polar surface area (TPSA) is 0 Å². The number of hydrogen-bond acceptors (Lipinski definition) is 0. The van der Waals surface area contributed by atoms with Crippen LogP contribution in [-0.2, 0) is 0 Å². The lowest BCUT2D eigenvalue weighted by Crippen LogP contribution is -2.41. The second kappa shape index (κ2) is 4.31. The molecule has 0 aromatic rings. The fraction of sp³-hybridized carbons (Fsp3) is 0.538. The van der Waals surface area contributed by atoms with Crippen molar-refractivity contribution in [2.24, 2.45) is 5.41 Å². The SMILES string of the molecule is CCC(C)(C)C=CC1=CC=CC(F)(F)C1(F)F. The van der Waals surface area contributed by atoms with Gasteiger partial charge in [0, 0.05) is 5.57 Å². The summed E-state index contributed by atoms with van der Waals surface area (Å²) in [5.41, 5.74) is -0.931. The lowest BCUT2D eigenvalue weighted by atomic mass is 9.87. The summed E-state index contributed by atoms with van der Waals surface area (Å²) in [6, 6.07) is 0. The molecule has 0 N–H and O–H groups in total. The molecule has 0 fully saturated rings. The number of allylic oxidation sites excluding steroid dienone is 6. The van der Waals surface area contributed by atoms with E-state index in [1.54, 1.807) is 6.08 Å². The normalized spacial score (nSPS) is 22.9. The van der Waals surface area contributed by atoms with Gasteiger partial charge in [0.05, 0.1) is 0 Å². The zero-order chi connectivity index (χ0) is 13.3. The predicted octanol–water partition coefficient (Wildman–Crippen LogP) is 4.75.